The van der Waals surface area contributed by atoms with Crippen molar-refractivity contribution in [2.45, 2.75) is 24.7 Å². The number of piperidine rings is 1. The number of likely N-dealkylation sites (tertiary alicyclic amines) is 1. The molecule has 0 radical (unpaired) electrons. The molecule has 5 heteroatoms. The Bertz CT molecular complexity index is 1110. The molecule has 3 aromatic rings. The molecular weight excluding hydrogens is 422 g/mol. The van der Waals surface area contributed by atoms with Gasteiger partial charge in [0.1, 0.15) is 17.2 Å². The average molecular weight is 448 g/mol. The van der Waals surface area contributed by atoms with Crippen LogP contribution >= 0.6 is 11.6 Å². The molecule has 2 heterocycles. The van der Waals surface area contributed by atoms with Crippen molar-refractivity contribution in [1.82, 2.24) is 4.90 Å². The van der Waals surface area contributed by atoms with Gasteiger partial charge in [-0.05, 0) is 68.8 Å². The molecule has 2 aliphatic rings. The molecule has 0 atom stereocenters. The van der Waals surface area contributed by atoms with Gasteiger partial charge in [0.25, 0.3) is 0 Å². The molecule has 164 valence electrons. The maximum absolute atomic E-state index is 13.9. The van der Waals surface area contributed by atoms with Crippen LogP contribution in [0.15, 0.2) is 72.8 Å². The van der Waals surface area contributed by atoms with Crippen molar-refractivity contribution in [2.24, 2.45) is 0 Å². The van der Waals surface area contributed by atoms with E-state index < -0.39 is 5.41 Å². The first kappa shape index (κ1) is 21.0. The molecule has 0 aliphatic carbocycles. The van der Waals surface area contributed by atoms with Crippen LogP contribution in [0.5, 0.6) is 17.2 Å². The van der Waals surface area contributed by atoms with Gasteiger partial charge in [-0.15, -0.1) is 0 Å². The van der Waals surface area contributed by atoms with Gasteiger partial charge in [-0.25, -0.2) is 0 Å². The second-order valence-electron chi connectivity index (χ2n) is 8.51. The molecule has 1 fully saturated rings. The first-order chi connectivity index (χ1) is 15.7. The fourth-order valence-corrected chi connectivity index (χ4v) is 5.04. The molecule has 4 nitrogen and oxygen atoms in total. The number of para-hydroxylation sites is 2. The van der Waals surface area contributed by atoms with Gasteiger partial charge in [-0.1, -0.05) is 48.0 Å². The van der Waals surface area contributed by atoms with Crippen molar-refractivity contribution in [3.63, 3.8) is 0 Å². The number of nitrogens with zero attached hydrogens (tertiary/aromatic N) is 1. The molecule has 3 aromatic carbocycles. The number of Topliss-reactive ketones (excluding diaryl/α,β-unsaturated/α-hetero) is 1. The van der Waals surface area contributed by atoms with Crippen molar-refractivity contribution in [1.29, 1.82) is 0 Å². The number of benzene rings is 3. The fourth-order valence-electron chi connectivity index (χ4n) is 4.87. The minimum Gasteiger partial charge on any atom is -0.494 e. The molecule has 0 saturated carbocycles. The Morgan fingerprint density at radius 3 is 2.50 bits per heavy atom. The monoisotopic (exact) mass is 447 g/mol. The molecule has 2 aliphatic heterocycles. The molecule has 1 saturated heterocycles. The Hall–Kier alpha value is -2.82. The predicted octanol–water partition coefficient (Wildman–Crippen LogP) is 6.13. The largest absolute Gasteiger partial charge is 0.494 e. The van der Waals surface area contributed by atoms with E-state index in [0.717, 1.165) is 56.0 Å². The molecule has 0 amide bonds. The Morgan fingerprint density at radius 1 is 0.938 bits per heavy atom. The first-order valence-corrected chi connectivity index (χ1v) is 11.6. The number of carbonyl (C=O) groups excluding carboxylic acids is 1. The summed E-state index contributed by atoms with van der Waals surface area (Å²) in [6.45, 7) is 3.37. The van der Waals surface area contributed by atoms with E-state index >= 15 is 0 Å². The van der Waals surface area contributed by atoms with Crippen molar-refractivity contribution in [3.05, 3.63) is 88.9 Å². The van der Waals surface area contributed by atoms with Crippen LogP contribution in [0, 0.1) is 0 Å². The summed E-state index contributed by atoms with van der Waals surface area (Å²) >= 11 is 6.24. The third kappa shape index (κ3) is 4.01. The van der Waals surface area contributed by atoms with Gasteiger partial charge in [0.15, 0.2) is 5.78 Å². The summed E-state index contributed by atoms with van der Waals surface area (Å²) in [6, 6.07) is 23.2. The van der Waals surface area contributed by atoms with E-state index in [-0.39, 0.29) is 5.78 Å². The third-order valence-corrected chi connectivity index (χ3v) is 6.82. The highest BCUT2D eigenvalue weighted by atomic mass is 35.5. The minimum absolute atomic E-state index is 0.118. The van der Waals surface area contributed by atoms with Gasteiger partial charge in [-0.2, -0.15) is 0 Å². The maximum Gasteiger partial charge on any atom is 0.177 e. The lowest BCUT2D eigenvalue weighted by atomic mass is 9.68. The van der Waals surface area contributed by atoms with E-state index in [1.54, 1.807) is 18.2 Å². The highest BCUT2D eigenvalue weighted by Crippen LogP contribution is 2.48. The number of rotatable bonds is 5. The molecule has 0 unspecified atom stereocenters. The van der Waals surface area contributed by atoms with Crippen LogP contribution in [-0.2, 0) is 5.41 Å². The van der Waals surface area contributed by atoms with Crippen molar-refractivity contribution in [3.8, 4) is 17.2 Å². The first-order valence-electron chi connectivity index (χ1n) is 11.2. The maximum atomic E-state index is 13.9. The van der Waals surface area contributed by atoms with Gasteiger partial charge in [-0.3, -0.25) is 4.79 Å². The fraction of sp³-hybridized carbons (Fsp3) is 0.296. The third-order valence-electron chi connectivity index (χ3n) is 6.58. The predicted molar refractivity (Wildman–Crippen MR) is 126 cm³/mol. The van der Waals surface area contributed by atoms with Gasteiger partial charge in [0.2, 0.25) is 0 Å². The summed E-state index contributed by atoms with van der Waals surface area (Å²) in [5.74, 6) is 2.38. The van der Waals surface area contributed by atoms with E-state index in [1.165, 1.54) is 0 Å². The Balaban J connectivity index is 1.30. The summed E-state index contributed by atoms with van der Waals surface area (Å²) in [7, 11) is 0. The summed E-state index contributed by atoms with van der Waals surface area (Å²) in [5, 5.41) is 0.553. The van der Waals surface area contributed by atoms with Gasteiger partial charge in [0, 0.05) is 17.1 Å². The topological polar surface area (TPSA) is 38.8 Å². The Kier molecular flexibility index (Phi) is 5.90. The van der Waals surface area contributed by atoms with Gasteiger partial charge >= 0.3 is 0 Å². The summed E-state index contributed by atoms with van der Waals surface area (Å²) in [6.07, 6.45) is 2.48. The highest BCUT2D eigenvalue weighted by Gasteiger charge is 2.47. The standard InChI is InChI=1S/C27H26ClNO3/c28-20-11-12-24-22(19-20)26(30)27(23-9-4-5-10-25(23)32-24)13-16-29(17-14-27)15-6-18-31-21-7-2-1-3-8-21/h1-5,7-12,19H,6,13-18H2. The van der Waals surface area contributed by atoms with Crippen LogP contribution in [0.4, 0.5) is 0 Å². The zero-order valence-corrected chi connectivity index (χ0v) is 18.7. The summed E-state index contributed by atoms with van der Waals surface area (Å²) in [4.78, 5) is 16.3. The van der Waals surface area contributed by atoms with E-state index in [1.807, 2.05) is 54.6 Å². The van der Waals surface area contributed by atoms with E-state index in [0.29, 0.717) is 22.9 Å². The van der Waals surface area contributed by atoms with Gasteiger partial charge in [0.05, 0.1) is 17.6 Å². The lowest BCUT2D eigenvalue weighted by molar-refractivity contribution is 0.0767. The highest BCUT2D eigenvalue weighted by molar-refractivity contribution is 6.31. The van der Waals surface area contributed by atoms with Crippen LogP contribution < -0.4 is 9.47 Å². The Labute approximate surface area is 193 Å². The molecular formula is C27H26ClNO3. The number of fused-ring (bicyclic) bond motifs is 3. The SMILES string of the molecule is O=C1c2cc(Cl)ccc2Oc2ccccc2C12CCN(CCCOc1ccccc1)CC2. The zero-order valence-electron chi connectivity index (χ0n) is 17.9. The van der Waals surface area contributed by atoms with Crippen LogP contribution in [-0.4, -0.2) is 36.9 Å². The smallest absolute Gasteiger partial charge is 0.177 e. The van der Waals surface area contributed by atoms with Crippen molar-refractivity contribution in [2.75, 3.05) is 26.2 Å². The molecule has 0 aromatic heterocycles. The Morgan fingerprint density at radius 2 is 1.69 bits per heavy atom. The van der Waals surface area contributed by atoms with Crippen molar-refractivity contribution >= 4 is 17.4 Å². The number of halogens is 1. The van der Waals surface area contributed by atoms with E-state index in [4.69, 9.17) is 21.1 Å². The van der Waals surface area contributed by atoms with Crippen LogP contribution in [0.3, 0.4) is 0 Å². The normalized spacial score (nSPS) is 17.2. The summed E-state index contributed by atoms with van der Waals surface area (Å²) < 4.78 is 12.0. The van der Waals surface area contributed by atoms with Crippen LogP contribution in [0.1, 0.15) is 35.2 Å². The molecule has 1 spiro atoms. The van der Waals surface area contributed by atoms with Gasteiger partial charge < -0.3 is 14.4 Å². The van der Waals surface area contributed by atoms with Crippen LogP contribution in [0.2, 0.25) is 5.02 Å². The van der Waals surface area contributed by atoms with Crippen molar-refractivity contribution < 1.29 is 14.3 Å². The minimum atomic E-state index is -0.580. The molecule has 0 N–H and O–H groups in total. The quantitative estimate of drug-likeness (QED) is 0.441. The second kappa shape index (κ2) is 8.97. The second-order valence-corrected chi connectivity index (χ2v) is 8.94. The van der Waals surface area contributed by atoms with Crippen LogP contribution in [0.25, 0.3) is 0 Å². The number of ketones is 1. The molecule has 0 bridgehead atoms. The molecule has 32 heavy (non-hydrogen) atoms. The lowest BCUT2D eigenvalue weighted by Gasteiger charge is -2.40. The summed E-state index contributed by atoms with van der Waals surface area (Å²) in [5.41, 5.74) is 0.992. The number of hydrogen-bond donors (Lipinski definition) is 0. The number of hydrogen-bond acceptors (Lipinski definition) is 4. The van der Waals surface area contributed by atoms with E-state index in [2.05, 4.69) is 4.90 Å². The molecule has 5 rings (SSSR count). The lowest BCUT2D eigenvalue weighted by Crippen LogP contribution is -2.47. The average Bonchev–Trinajstić information content (AvgIpc) is 2.92. The zero-order chi connectivity index (χ0) is 22.0. The number of carbonyl (C=O) groups is 1. The number of ether oxygens (including phenoxy) is 2. The van der Waals surface area contributed by atoms with E-state index in [9.17, 15) is 4.79 Å².